The van der Waals surface area contributed by atoms with Crippen molar-refractivity contribution in [3.63, 3.8) is 0 Å². The van der Waals surface area contributed by atoms with Crippen LogP contribution in [0.2, 0.25) is 0 Å². The van der Waals surface area contributed by atoms with Gasteiger partial charge in [-0.25, -0.2) is 0 Å². The Bertz CT molecular complexity index is 2340. The van der Waals surface area contributed by atoms with Crippen molar-refractivity contribution in [2.75, 3.05) is 0 Å². The van der Waals surface area contributed by atoms with Gasteiger partial charge in [0.05, 0.1) is 16.7 Å². The summed E-state index contributed by atoms with van der Waals surface area (Å²) in [6.45, 7) is 6.70. The number of fused-ring (bicyclic) bond motifs is 4. The first-order valence-corrected chi connectivity index (χ1v) is 15.1. The number of hydrogen-bond donors (Lipinski definition) is 0. The van der Waals surface area contributed by atoms with Gasteiger partial charge in [-0.15, -0.1) is 35.7 Å². The van der Waals surface area contributed by atoms with Gasteiger partial charge < -0.3 is 13.9 Å². The summed E-state index contributed by atoms with van der Waals surface area (Å²) in [5.41, 5.74) is 8.28. The number of rotatable bonds is 5. The van der Waals surface area contributed by atoms with E-state index in [9.17, 15) is 0 Å². The number of imidazole rings is 1. The van der Waals surface area contributed by atoms with Crippen molar-refractivity contribution in [3.05, 3.63) is 157 Å². The van der Waals surface area contributed by atoms with Crippen LogP contribution in [0.3, 0.4) is 0 Å². The topological polar surface area (TPSA) is 23.0 Å². The van der Waals surface area contributed by atoms with Crippen LogP contribution in [-0.4, -0.2) is 9.13 Å². The van der Waals surface area contributed by atoms with Crippen LogP contribution in [-0.2, 0) is 26.5 Å². The first kappa shape index (κ1) is 29.8. The molecular weight excluding hydrogens is 746 g/mol. The molecule has 0 saturated carbocycles. The minimum Gasteiger partial charge on any atom is -0.510 e. The number of ether oxygens (including phenoxy) is 1. The fourth-order valence-corrected chi connectivity index (χ4v) is 5.99. The van der Waals surface area contributed by atoms with Gasteiger partial charge in [0, 0.05) is 17.0 Å². The Labute approximate surface area is 283 Å². The summed E-state index contributed by atoms with van der Waals surface area (Å²) in [5.74, 6) is 1.22. The van der Waals surface area contributed by atoms with Crippen LogP contribution >= 0.6 is 0 Å². The van der Waals surface area contributed by atoms with E-state index in [1.807, 2.05) is 65.2 Å². The largest absolute Gasteiger partial charge is 4.00 e. The molecular formula is C41H30N3OPt+. The molecule has 8 aromatic rings. The molecule has 0 aliphatic rings. The molecule has 5 heteroatoms. The SMILES string of the molecule is CC(C)(C)c1cc[c-]c(-n2c3[c-]c(Oc4[c-]c(-n5[c-][n+](-c6ccccc6)c6ccccc65)ccc4)ccc3c3ccccc32)c1.[Pt+4]. The predicted molar refractivity (Wildman–Crippen MR) is 180 cm³/mol. The molecule has 0 atom stereocenters. The Hall–Kier alpha value is -4.92. The molecule has 46 heavy (non-hydrogen) atoms. The second-order valence-electron chi connectivity index (χ2n) is 12.2. The number of hydrogen-bond acceptors (Lipinski definition) is 1. The zero-order valence-corrected chi connectivity index (χ0v) is 28.0. The van der Waals surface area contributed by atoms with Crippen molar-refractivity contribution in [2.45, 2.75) is 26.2 Å². The van der Waals surface area contributed by atoms with Crippen molar-refractivity contribution < 1.29 is 30.4 Å². The monoisotopic (exact) mass is 775 g/mol. The zero-order valence-electron chi connectivity index (χ0n) is 25.7. The van der Waals surface area contributed by atoms with Crippen molar-refractivity contribution in [1.29, 1.82) is 0 Å². The van der Waals surface area contributed by atoms with Crippen LogP contribution in [0, 0.1) is 24.5 Å². The smallest absolute Gasteiger partial charge is 0.510 e. The Morgan fingerprint density at radius 3 is 2.22 bits per heavy atom. The molecule has 0 fully saturated rings. The van der Waals surface area contributed by atoms with Crippen molar-refractivity contribution >= 4 is 32.8 Å². The third-order valence-corrected chi connectivity index (χ3v) is 8.24. The molecule has 0 spiro atoms. The summed E-state index contributed by atoms with van der Waals surface area (Å²) in [7, 11) is 0. The third-order valence-electron chi connectivity index (χ3n) is 8.24. The summed E-state index contributed by atoms with van der Waals surface area (Å²) >= 11 is 0. The average Bonchev–Trinajstić information content (AvgIpc) is 3.61. The second-order valence-corrected chi connectivity index (χ2v) is 12.2. The maximum absolute atomic E-state index is 6.45. The summed E-state index contributed by atoms with van der Waals surface area (Å²) in [6.07, 6.45) is 3.53. The van der Waals surface area contributed by atoms with Crippen LogP contribution in [0.5, 0.6) is 11.5 Å². The zero-order chi connectivity index (χ0) is 30.5. The van der Waals surface area contributed by atoms with Gasteiger partial charge in [-0.05, 0) is 34.7 Å². The molecule has 4 nitrogen and oxygen atoms in total. The summed E-state index contributed by atoms with van der Waals surface area (Å²) in [4.78, 5) is 0. The number of para-hydroxylation sites is 4. The average molecular weight is 776 g/mol. The fraction of sp³-hybridized carbons (Fsp3) is 0.0976. The van der Waals surface area contributed by atoms with Gasteiger partial charge in [0.25, 0.3) is 6.33 Å². The fourth-order valence-electron chi connectivity index (χ4n) is 5.99. The molecule has 224 valence electrons. The van der Waals surface area contributed by atoms with Crippen LogP contribution in [0.4, 0.5) is 0 Å². The first-order chi connectivity index (χ1) is 21.9. The Balaban J connectivity index is 0.00000338. The molecule has 0 aliphatic carbocycles. The molecule has 0 amide bonds. The molecule has 2 heterocycles. The molecule has 0 aliphatic heterocycles. The molecule has 2 aromatic heterocycles. The molecule has 8 rings (SSSR count). The van der Waals surface area contributed by atoms with Gasteiger partial charge in [0.2, 0.25) is 0 Å². The third kappa shape index (κ3) is 5.23. The van der Waals surface area contributed by atoms with E-state index in [4.69, 9.17) is 4.74 Å². The normalized spacial score (nSPS) is 11.6. The summed E-state index contributed by atoms with van der Waals surface area (Å²) in [5, 5.41) is 2.28. The molecule has 0 bridgehead atoms. The van der Waals surface area contributed by atoms with Crippen LogP contribution in [0.15, 0.2) is 127 Å². The summed E-state index contributed by atoms with van der Waals surface area (Å²) in [6, 6.07) is 54.0. The van der Waals surface area contributed by atoms with E-state index >= 15 is 0 Å². The minimum absolute atomic E-state index is 0. The molecule has 6 aromatic carbocycles. The molecule has 0 radical (unpaired) electrons. The van der Waals surface area contributed by atoms with Crippen molar-refractivity contribution in [2.24, 2.45) is 0 Å². The molecule has 0 saturated heterocycles. The van der Waals surface area contributed by atoms with E-state index < -0.39 is 0 Å². The van der Waals surface area contributed by atoms with Gasteiger partial charge in [0.15, 0.2) is 0 Å². The minimum atomic E-state index is 0. The maximum Gasteiger partial charge on any atom is 4.00 e. The van der Waals surface area contributed by atoms with Crippen LogP contribution in [0.25, 0.3) is 49.9 Å². The van der Waals surface area contributed by atoms with Gasteiger partial charge in [-0.2, -0.15) is 42.0 Å². The van der Waals surface area contributed by atoms with Gasteiger partial charge >= 0.3 is 21.1 Å². The number of nitrogens with zero attached hydrogens (tertiary/aromatic N) is 3. The van der Waals surface area contributed by atoms with Crippen molar-refractivity contribution in [1.82, 2.24) is 9.13 Å². The second kappa shape index (κ2) is 11.8. The molecule has 0 unspecified atom stereocenters. The maximum atomic E-state index is 6.45. The van der Waals surface area contributed by atoms with E-state index in [1.54, 1.807) is 0 Å². The predicted octanol–water partition coefficient (Wildman–Crippen LogP) is 9.29. The Morgan fingerprint density at radius 2 is 1.39 bits per heavy atom. The van der Waals surface area contributed by atoms with E-state index in [1.165, 1.54) is 10.9 Å². The van der Waals surface area contributed by atoms with E-state index in [0.29, 0.717) is 11.5 Å². The first-order valence-electron chi connectivity index (χ1n) is 15.1. The van der Waals surface area contributed by atoms with Crippen molar-refractivity contribution in [3.8, 4) is 28.6 Å². The Morgan fingerprint density at radius 1 is 0.652 bits per heavy atom. The van der Waals surface area contributed by atoms with Gasteiger partial charge in [-0.1, -0.05) is 92.6 Å². The van der Waals surface area contributed by atoms with Crippen LogP contribution < -0.4 is 9.30 Å². The van der Waals surface area contributed by atoms with Crippen LogP contribution in [0.1, 0.15) is 26.3 Å². The quantitative estimate of drug-likeness (QED) is 0.126. The molecule has 0 N–H and O–H groups in total. The Kier molecular flexibility index (Phi) is 7.62. The number of benzene rings is 6. The summed E-state index contributed by atoms with van der Waals surface area (Å²) < 4.78 is 12.8. The van der Waals surface area contributed by atoms with E-state index in [2.05, 4.69) is 121 Å². The van der Waals surface area contributed by atoms with E-state index in [-0.39, 0.29) is 26.5 Å². The number of aromatic nitrogens is 3. The van der Waals surface area contributed by atoms with Gasteiger partial charge in [0.1, 0.15) is 0 Å². The van der Waals surface area contributed by atoms with Gasteiger partial charge in [-0.3, -0.25) is 4.57 Å². The standard InChI is InChI=1S/C41H30N3O.Pt/c1-41(2,3)29-13-11-17-32(25-29)44-37-20-8-7-19-35(37)36-24-23-34(27-40(36)44)45-33-18-12-16-31(26-33)43-28-42(30-14-5-4-6-15-30)38-21-9-10-22-39(38)43;/h4-16,18-25H,1-3H3;/q-3;+4. The van der Waals surface area contributed by atoms with E-state index in [0.717, 1.165) is 44.5 Å².